The van der Waals surface area contributed by atoms with Gasteiger partial charge in [-0.2, -0.15) is 0 Å². The molecule has 2 N–H and O–H groups in total. The zero-order valence-electron chi connectivity index (χ0n) is 16.1. The van der Waals surface area contributed by atoms with Crippen LogP contribution in [0.5, 0.6) is 0 Å². The molecule has 0 unspecified atom stereocenters. The van der Waals surface area contributed by atoms with Crippen molar-refractivity contribution in [3.8, 4) is 0 Å². The van der Waals surface area contributed by atoms with E-state index in [0.717, 1.165) is 37.4 Å². The first-order chi connectivity index (χ1) is 13.1. The Kier molecular flexibility index (Phi) is 5.11. The Morgan fingerprint density at radius 1 is 1.22 bits per heavy atom. The largest absolute Gasteiger partial charge is 0.391 e. The number of hydrogen-bond donors (Lipinski definition) is 2. The van der Waals surface area contributed by atoms with Crippen LogP contribution in [0.4, 0.5) is 17.3 Å². The van der Waals surface area contributed by atoms with Gasteiger partial charge in [0.05, 0.1) is 12.1 Å². The Hall–Kier alpha value is -2.41. The summed E-state index contributed by atoms with van der Waals surface area (Å²) in [5.74, 6) is 1.74. The third-order valence-electron chi connectivity index (χ3n) is 5.55. The Labute approximate surface area is 160 Å². The molecule has 0 radical (unpaired) electrons. The number of pyridine rings is 1. The smallest absolute Gasteiger partial charge is 0.134 e. The van der Waals surface area contributed by atoms with Crippen molar-refractivity contribution < 1.29 is 5.11 Å². The van der Waals surface area contributed by atoms with Gasteiger partial charge in [0.15, 0.2) is 0 Å². The molecule has 1 saturated heterocycles. The molecule has 1 aliphatic heterocycles. The van der Waals surface area contributed by atoms with Gasteiger partial charge in [-0.1, -0.05) is 0 Å². The first-order valence-corrected chi connectivity index (χ1v) is 9.76. The first-order valence-electron chi connectivity index (χ1n) is 9.76. The molecule has 27 heavy (non-hydrogen) atoms. The van der Waals surface area contributed by atoms with Crippen molar-refractivity contribution in [2.24, 2.45) is 0 Å². The zero-order valence-corrected chi connectivity index (χ0v) is 16.1. The monoisotopic (exact) mass is 368 g/mol. The number of aliphatic hydroxyl groups excluding tert-OH is 1. The van der Waals surface area contributed by atoms with Gasteiger partial charge in [0.2, 0.25) is 0 Å². The summed E-state index contributed by atoms with van der Waals surface area (Å²) in [5, 5.41) is 13.9. The number of anilines is 3. The van der Waals surface area contributed by atoms with Crippen molar-refractivity contribution in [1.29, 1.82) is 0 Å². The van der Waals surface area contributed by atoms with E-state index in [-0.39, 0.29) is 12.1 Å². The van der Waals surface area contributed by atoms with Crippen molar-refractivity contribution >= 4 is 17.3 Å². The summed E-state index contributed by atoms with van der Waals surface area (Å²) in [5.41, 5.74) is 3.80. The van der Waals surface area contributed by atoms with Gasteiger partial charge < -0.3 is 20.2 Å². The summed E-state index contributed by atoms with van der Waals surface area (Å²) in [6.45, 7) is 1.37. The first kappa shape index (κ1) is 18.0. The van der Waals surface area contributed by atoms with Crippen molar-refractivity contribution in [3.63, 3.8) is 0 Å². The topological polar surface area (TPSA) is 77.4 Å². The van der Waals surface area contributed by atoms with Crippen LogP contribution in [0.2, 0.25) is 0 Å². The summed E-state index contributed by atoms with van der Waals surface area (Å²) in [4.78, 5) is 17.5. The number of nitrogens with zero attached hydrogens (tertiary/aromatic N) is 5. The second-order valence-electron chi connectivity index (χ2n) is 7.70. The second-order valence-corrected chi connectivity index (χ2v) is 7.70. The van der Waals surface area contributed by atoms with Gasteiger partial charge >= 0.3 is 0 Å². The number of hydrogen-bond acceptors (Lipinski definition) is 7. The third kappa shape index (κ3) is 3.83. The predicted molar refractivity (Wildman–Crippen MR) is 107 cm³/mol. The third-order valence-corrected chi connectivity index (χ3v) is 5.55. The molecular formula is C20H28N6O. The number of aliphatic hydroxyl groups is 1. The fraction of sp³-hybridized carbons (Fsp3) is 0.550. The summed E-state index contributed by atoms with van der Waals surface area (Å²) >= 11 is 0. The van der Waals surface area contributed by atoms with E-state index in [1.54, 1.807) is 6.33 Å². The van der Waals surface area contributed by atoms with Crippen LogP contribution in [0, 0.1) is 0 Å². The van der Waals surface area contributed by atoms with Gasteiger partial charge in [-0.15, -0.1) is 0 Å². The maximum absolute atomic E-state index is 10.3. The maximum atomic E-state index is 10.3. The number of β-amino-alcohol motifs (C(OH)–C–C–N with tert-alkyl or cyclic N) is 1. The molecule has 4 rings (SSSR count). The Bertz CT molecular complexity index is 796. The van der Waals surface area contributed by atoms with Crippen LogP contribution < -0.4 is 15.1 Å². The summed E-state index contributed by atoms with van der Waals surface area (Å²) in [6.07, 6.45) is 8.54. The number of aryl methyl sites for hydroxylation is 1. The number of rotatable bonds is 5. The van der Waals surface area contributed by atoms with Crippen LogP contribution >= 0.6 is 0 Å². The molecule has 7 nitrogen and oxygen atoms in total. The average Bonchev–Trinajstić information content (AvgIpc) is 3.07. The van der Waals surface area contributed by atoms with Crippen LogP contribution in [-0.2, 0) is 12.8 Å². The SMILES string of the molecule is CN(C)c1cc(N2C[C@H](O)C[C@@H]2CNc2ccnc3c2CCCC3)ncn1. The quantitative estimate of drug-likeness (QED) is 0.834. The molecule has 2 atom stereocenters. The van der Waals surface area contributed by atoms with E-state index >= 15 is 0 Å². The summed E-state index contributed by atoms with van der Waals surface area (Å²) in [7, 11) is 3.94. The Balaban J connectivity index is 1.50. The fourth-order valence-electron chi connectivity index (χ4n) is 4.12. The highest BCUT2D eigenvalue weighted by Crippen LogP contribution is 2.29. The fourth-order valence-corrected chi connectivity index (χ4v) is 4.12. The molecule has 0 bridgehead atoms. The number of fused-ring (bicyclic) bond motifs is 1. The minimum atomic E-state index is -0.332. The van der Waals surface area contributed by atoms with E-state index in [0.29, 0.717) is 6.54 Å². The van der Waals surface area contributed by atoms with Crippen molar-refractivity contribution in [3.05, 3.63) is 35.9 Å². The van der Waals surface area contributed by atoms with E-state index in [9.17, 15) is 5.11 Å². The molecule has 0 spiro atoms. The van der Waals surface area contributed by atoms with Crippen molar-refractivity contribution in [2.75, 3.05) is 42.3 Å². The van der Waals surface area contributed by atoms with E-state index in [4.69, 9.17) is 0 Å². The standard InChI is InChI=1S/C20H28N6O/c1-25(2)19-10-20(24-13-23-19)26-12-15(27)9-14(26)11-22-18-7-8-21-17-6-4-3-5-16(17)18/h7-8,10,13-15,27H,3-6,9,11-12H2,1-2H3,(H,21,22)/t14-,15-/m1/s1. The lowest BCUT2D eigenvalue weighted by Gasteiger charge is -2.27. The Morgan fingerprint density at radius 2 is 2.07 bits per heavy atom. The lowest BCUT2D eigenvalue weighted by Crippen LogP contribution is -2.36. The average molecular weight is 368 g/mol. The predicted octanol–water partition coefficient (Wildman–Crippen LogP) is 1.87. The molecule has 3 heterocycles. The van der Waals surface area contributed by atoms with Crippen LogP contribution in [0.1, 0.15) is 30.5 Å². The zero-order chi connectivity index (χ0) is 18.8. The molecule has 0 amide bonds. The molecule has 0 saturated carbocycles. The number of nitrogens with one attached hydrogen (secondary N) is 1. The highest BCUT2D eigenvalue weighted by Gasteiger charge is 2.32. The van der Waals surface area contributed by atoms with Crippen LogP contribution in [0.25, 0.3) is 0 Å². The van der Waals surface area contributed by atoms with Gasteiger partial charge in [0.1, 0.15) is 18.0 Å². The summed E-state index contributed by atoms with van der Waals surface area (Å²) in [6, 6.07) is 4.26. The summed E-state index contributed by atoms with van der Waals surface area (Å²) < 4.78 is 0. The minimum absolute atomic E-state index is 0.192. The minimum Gasteiger partial charge on any atom is -0.391 e. The van der Waals surface area contributed by atoms with E-state index < -0.39 is 0 Å². The van der Waals surface area contributed by atoms with Gasteiger partial charge in [-0.05, 0) is 43.7 Å². The van der Waals surface area contributed by atoms with Gasteiger partial charge in [-0.3, -0.25) is 4.98 Å². The Morgan fingerprint density at radius 3 is 2.93 bits per heavy atom. The molecule has 2 aliphatic rings. The lowest BCUT2D eigenvalue weighted by molar-refractivity contribution is 0.194. The van der Waals surface area contributed by atoms with Gasteiger partial charge in [0, 0.05) is 50.8 Å². The lowest BCUT2D eigenvalue weighted by atomic mass is 9.94. The molecule has 2 aromatic rings. The van der Waals surface area contributed by atoms with Crippen molar-refractivity contribution in [1.82, 2.24) is 15.0 Å². The second kappa shape index (κ2) is 7.68. The van der Waals surface area contributed by atoms with E-state index in [1.807, 2.05) is 31.3 Å². The maximum Gasteiger partial charge on any atom is 0.134 e. The molecule has 0 aromatic carbocycles. The molecule has 1 aliphatic carbocycles. The van der Waals surface area contributed by atoms with E-state index in [2.05, 4.69) is 31.2 Å². The van der Waals surface area contributed by atoms with Crippen LogP contribution in [0.15, 0.2) is 24.7 Å². The van der Waals surface area contributed by atoms with Crippen LogP contribution in [0.3, 0.4) is 0 Å². The van der Waals surface area contributed by atoms with Gasteiger partial charge in [0.25, 0.3) is 0 Å². The molecule has 7 heteroatoms. The van der Waals surface area contributed by atoms with E-state index in [1.165, 1.54) is 29.8 Å². The highest BCUT2D eigenvalue weighted by molar-refractivity contribution is 5.55. The molecule has 144 valence electrons. The number of aromatic nitrogens is 3. The molecule has 1 fully saturated rings. The van der Waals surface area contributed by atoms with Crippen molar-refractivity contribution in [2.45, 2.75) is 44.2 Å². The molecule has 2 aromatic heterocycles. The molecular weight excluding hydrogens is 340 g/mol. The van der Waals surface area contributed by atoms with Gasteiger partial charge in [-0.25, -0.2) is 9.97 Å². The highest BCUT2D eigenvalue weighted by atomic mass is 16.3. The van der Waals surface area contributed by atoms with Crippen LogP contribution in [-0.4, -0.2) is 59.4 Å². The normalized spacial score (nSPS) is 21.8.